The van der Waals surface area contributed by atoms with E-state index in [1.54, 1.807) is 24.3 Å². The predicted octanol–water partition coefficient (Wildman–Crippen LogP) is 2.35. The van der Waals surface area contributed by atoms with Gasteiger partial charge in [0, 0.05) is 32.6 Å². The van der Waals surface area contributed by atoms with Gasteiger partial charge in [-0.05, 0) is 5.56 Å². The van der Waals surface area contributed by atoms with E-state index in [0.717, 1.165) is 6.08 Å². The minimum atomic E-state index is -4.32. The van der Waals surface area contributed by atoms with Crippen molar-refractivity contribution in [3.05, 3.63) is 35.9 Å². The molecule has 1 aromatic rings. The van der Waals surface area contributed by atoms with Gasteiger partial charge in [-0.15, -0.1) is 0 Å². The highest BCUT2D eigenvalue weighted by Gasteiger charge is 2.40. The van der Waals surface area contributed by atoms with Crippen LogP contribution in [0.25, 0.3) is 6.08 Å². The predicted molar refractivity (Wildman–Crippen MR) is 67.9 cm³/mol. The topological polar surface area (TPSA) is 27.7 Å². The van der Waals surface area contributed by atoms with Crippen molar-refractivity contribution in [1.29, 1.82) is 0 Å². The van der Waals surface area contributed by atoms with Crippen molar-refractivity contribution in [1.82, 2.24) is 0 Å². The fourth-order valence-electron chi connectivity index (χ4n) is 1.59. The standard InChI is InChI=1S/C12H15F3O3Si/c1-16-19(17-2,18-3)11-6-4-10(5-7-11)8-9-12(13,14)15/h4-9H,1-3H3. The van der Waals surface area contributed by atoms with Crippen LogP contribution < -0.4 is 5.19 Å². The van der Waals surface area contributed by atoms with Gasteiger partial charge in [0.25, 0.3) is 0 Å². The average Bonchev–Trinajstić information content (AvgIpc) is 2.39. The quantitative estimate of drug-likeness (QED) is 0.780. The van der Waals surface area contributed by atoms with Crippen molar-refractivity contribution in [2.75, 3.05) is 21.3 Å². The smallest absolute Gasteiger partial charge is 0.373 e. The van der Waals surface area contributed by atoms with Gasteiger partial charge in [0.2, 0.25) is 0 Å². The van der Waals surface area contributed by atoms with Crippen LogP contribution in [0.15, 0.2) is 30.3 Å². The second-order valence-electron chi connectivity index (χ2n) is 3.67. The molecule has 0 unspecified atom stereocenters. The maximum absolute atomic E-state index is 12.0. The van der Waals surface area contributed by atoms with E-state index >= 15 is 0 Å². The molecule has 0 aromatic heterocycles. The molecule has 0 fully saturated rings. The van der Waals surface area contributed by atoms with Crippen molar-refractivity contribution in [3.8, 4) is 0 Å². The van der Waals surface area contributed by atoms with E-state index in [-0.39, 0.29) is 6.08 Å². The Balaban J connectivity index is 2.96. The summed E-state index contributed by atoms with van der Waals surface area (Å²) < 4.78 is 51.9. The van der Waals surface area contributed by atoms with E-state index in [4.69, 9.17) is 13.3 Å². The van der Waals surface area contributed by atoms with Crippen molar-refractivity contribution in [3.63, 3.8) is 0 Å². The van der Waals surface area contributed by atoms with Crippen molar-refractivity contribution in [2.24, 2.45) is 0 Å². The highest BCUT2D eigenvalue weighted by Crippen LogP contribution is 2.18. The van der Waals surface area contributed by atoms with Crippen LogP contribution in [-0.4, -0.2) is 36.3 Å². The molecule has 0 aliphatic rings. The molecule has 0 heterocycles. The molecule has 0 saturated carbocycles. The van der Waals surface area contributed by atoms with Crippen LogP contribution in [0.2, 0.25) is 0 Å². The molecule has 19 heavy (non-hydrogen) atoms. The lowest BCUT2D eigenvalue weighted by molar-refractivity contribution is -0.0790. The summed E-state index contributed by atoms with van der Waals surface area (Å²) in [6.45, 7) is 0. The van der Waals surface area contributed by atoms with Gasteiger partial charge in [-0.2, -0.15) is 13.2 Å². The van der Waals surface area contributed by atoms with Crippen LogP contribution in [0, 0.1) is 0 Å². The maximum Gasteiger partial charge on any atom is 0.536 e. The summed E-state index contributed by atoms with van der Waals surface area (Å²) in [5.74, 6) is 0. The van der Waals surface area contributed by atoms with Crippen molar-refractivity contribution >= 4 is 20.1 Å². The normalized spacial score (nSPS) is 13.2. The van der Waals surface area contributed by atoms with Gasteiger partial charge in [-0.3, -0.25) is 0 Å². The number of benzene rings is 1. The first-order valence-electron chi connectivity index (χ1n) is 5.39. The number of rotatable bonds is 5. The average molecular weight is 292 g/mol. The number of halogens is 3. The second-order valence-corrected chi connectivity index (χ2v) is 6.58. The van der Waals surface area contributed by atoms with Gasteiger partial charge < -0.3 is 13.3 Å². The first-order valence-corrected chi connectivity index (χ1v) is 7.11. The minimum absolute atomic E-state index is 0.190. The number of alkyl halides is 3. The molecule has 7 heteroatoms. The van der Waals surface area contributed by atoms with Crippen LogP contribution in [0.3, 0.4) is 0 Å². The Morgan fingerprint density at radius 3 is 1.79 bits per heavy atom. The summed E-state index contributed by atoms with van der Waals surface area (Å²) in [4.78, 5) is 0. The molecule has 0 aliphatic carbocycles. The van der Waals surface area contributed by atoms with Crippen LogP contribution in [0.4, 0.5) is 13.2 Å². The lowest BCUT2D eigenvalue weighted by atomic mass is 10.2. The zero-order valence-electron chi connectivity index (χ0n) is 10.8. The largest absolute Gasteiger partial charge is 0.536 e. The molecular weight excluding hydrogens is 277 g/mol. The Hall–Kier alpha value is -1.15. The van der Waals surface area contributed by atoms with E-state index in [1.165, 1.54) is 21.3 Å². The molecule has 106 valence electrons. The summed E-state index contributed by atoms with van der Waals surface area (Å²) in [6.07, 6.45) is -3.13. The molecule has 0 bridgehead atoms. The van der Waals surface area contributed by atoms with E-state index in [0.29, 0.717) is 10.8 Å². The zero-order valence-corrected chi connectivity index (χ0v) is 11.8. The number of hydrogen-bond donors (Lipinski definition) is 0. The lowest BCUT2D eigenvalue weighted by Crippen LogP contribution is -2.54. The Morgan fingerprint density at radius 1 is 0.947 bits per heavy atom. The summed E-state index contributed by atoms with van der Waals surface area (Å²) >= 11 is 0. The monoisotopic (exact) mass is 292 g/mol. The van der Waals surface area contributed by atoms with Gasteiger partial charge in [0.15, 0.2) is 0 Å². The fourth-order valence-corrected chi connectivity index (χ4v) is 3.37. The van der Waals surface area contributed by atoms with Gasteiger partial charge in [0.05, 0.1) is 0 Å². The van der Waals surface area contributed by atoms with E-state index in [9.17, 15) is 13.2 Å². The minimum Gasteiger partial charge on any atom is -0.373 e. The number of hydrogen-bond acceptors (Lipinski definition) is 3. The van der Waals surface area contributed by atoms with E-state index < -0.39 is 15.0 Å². The first kappa shape index (κ1) is 15.9. The molecule has 1 rings (SSSR count). The fraction of sp³-hybridized carbons (Fsp3) is 0.333. The van der Waals surface area contributed by atoms with Crippen LogP contribution in [0.1, 0.15) is 5.56 Å². The molecule has 1 aromatic carbocycles. The van der Waals surface area contributed by atoms with E-state index in [2.05, 4.69) is 0 Å². The van der Waals surface area contributed by atoms with Crippen molar-refractivity contribution < 1.29 is 26.4 Å². The molecule has 0 spiro atoms. The zero-order chi connectivity index (χ0) is 14.5. The Labute approximate surface area is 111 Å². The molecule has 0 amide bonds. The first-order chi connectivity index (χ1) is 8.87. The molecule has 0 radical (unpaired) electrons. The van der Waals surface area contributed by atoms with Crippen LogP contribution in [0.5, 0.6) is 0 Å². The third-order valence-electron chi connectivity index (χ3n) is 2.54. The van der Waals surface area contributed by atoms with Gasteiger partial charge >= 0.3 is 15.0 Å². The number of allylic oxidation sites excluding steroid dienone is 1. The molecular formula is C12H15F3O3Si. The highest BCUT2D eigenvalue weighted by molar-refractivity contribution is 6.75. The Bertz CT molecular complexity index is 417. The SMILES string of the molecule is CO[Si](OC)(OC)c1ccc(C=CC(F)(F)F)cc1. The Kier molecular flexibility index (Phi) is 5.30. The second kappa shape index (κ2) is 6.33. The summed E-state index contributed by atoms with van der Waals surface area (Å²) in [5.41, 5.74) is 0.437. The summed E-state index contributed by atoms with van der Waals surface area (Å²) in [5, 5.41) is 0.684. The van der Waals surface area contributed by atoms with Gasteiger partial charge in [-0.1, -0.05) is 30.3 Å². The van der Waals surface area contributed by atoms with E-state index in [1.807, 2.05) is 0 Å². The Morgan fingerprint density at radius 2 is 1.42 bits per heavy atom. The van der Waals surface area contributed by atoms with Crippen LogP contribution in [-0.2, 0) is 13.3 Å². The molecule has 0 N–H and O–H groups in total. The molecule has 3 nitrogen and oxygen atoms in total. The summed E-state index contributed by atoms with van der Waals surface area (Å²) in [7, 11) is 1.48. The van der Waals surface area contributed by atoms with Crippen LogP contribution >= 0.6 is 0 Å². The van der Waals surface area contributed by atoms with Crippen molar-refractivity contribution in [2.45, 2.75) is 6.18 Å². The van der Waals surface area contributed by atoms with Gasteiger partial charge in [0.1, 0.15) is 0 Å². The molecule has 0 atom stereocenters. The molecule has 0 saturated heterocycles. The highest BCUT2D eigenvalue weighted by atomic mass is 28.4. The van der Waals surface area contributed by atoms with Gasteiger partial charge in [-0.25, -0.2) is 0 Å². The lowest BCUT2D eigenvalue weighted by Gasteiger charge is -2.24. The summed E-state index contributed by atoms with van der Waals surface area (Å²) in [6, 6.07) is 6.38. The maximum atomic E-state index is 12.0. The molecule has 0 aliphatic heterocycles. The third-order valence-corrected chi connectivity index (χ3v) is 5.19. The third kappa shape index (κ3) is 4.17.